The van der Waals surface area contributed by atoms with Gasteiger partial charge in [-0.2, -0.15) is 0 Å². The zero-order chi connectivity index (χ0) is 10.4. The van der Waals surface area contributed by atoms with Gasteiger partial charge in [0.05, 0.1) is 0 Å². The molecule has 0 bridgehead atoms. The van der Waals surface area contributed by atoms with Crippen LogP contribution in [0.25, 0.3) is 0 Å². The highest BCUT2D eigenvalue weighted by atomic mass is 13.9. The number of aryl methyl sites for hydroxylation is 1. The second-order valence-electron chi connectivity index (χ2n) is 3.62. The molecule has 0 aliphatic carbocycles. The number of rotatable bonds is 3. The fourth-order valence-corrected chi connectivity index (χ4v) is 1.20. The topological polar surface area (TPSA) is 0 Å². The maximum Gasteiger partial charge on any atom is -0.00942 e. The summed E-state index contributed by atoms with van der Waals surface area (Å²) in [4.78, 5) is 0. The van der Waals surface area contributed by atoms with Gasteiger partial charge in [0, 0.05) is 0 Å². The summed E-state index contributed by atoms with van der Waals surface area (Å²) in [5.41, 5.74) is 4.01. The van der Waals surface area contributed by atoms with Gasteiger partial charge in [0.1, 0.15) is 0 Å². The second kappa shape index (κ2) is 5.43. The number of hydrogen-bond donors (Lipinski definition) is 0. The van der Waals surface area contributed by atoms with Gasteiger partial charge in [-0.15, -0.1) is 0 Å². The molecule has 0 heterocycles. The molecule has 0 atom stereocenters. The minimum Gasteiger partial charge on any atom is -0.0847 e. The second-order valence-corrected chi connectivity index (χ2v) is 3.62. The van der Waals surface area contributed by atoms with Crippen molar-refractivity contribution in [3.8, 4) is 0 Å². The van der Waals surface area contributed by atoms with E-state index in [9.17, 15) is 0 Å². The molecule has 0 N–H and O–H groups in total. The first kappa shape index (κ1) is 10.8. The lowest BCUT2D eigenvalue weighted by molar-refractivity contribution is 1.25. The van der Waals surface area contributed by atoms with E-state index in [0.717, 1.165) is 6.42 Å². The van der Waals surface area contributed by atoms with Crippen molar-refractivity contribution >= 4 is 0 Å². The van der Waals surface area contributed by atoms with Crippen LogP contribution >= 0.6 is 0 Å². The lowest BCUT2D eigenvalue weighted by atomic mass is 10.1. The molecule has 0 saturated heterocycles. The Hall–Kier alpha value is -1.30. The van der Waals surface area contributed by atoms with Gasteiger partial charge >= 0.3 is 0 Å². The molecule has 0 radical (unpaired) electrons. The SMILES string of the molecule is C/C=C(C)\C=C/Cc1ccc(C)cc1. The highest BCUT2D eigenvalue weighted by Gasteiger charge is 1.88. The Bertz CT molecular complexity index is 326. The summed E-state index contributed by atoms with van der Waals surface area (Å²) in [7, 11) is 0. The Kier molecular flexibility index (Phi) is 4.18. The highest BCUT2D eigenvalue weighted by molar-refractivity contribution is 5.24. The van der Waals surface area contributed by atoms with E-state index in [0.29, 0.717) is 0 Å². The summed E-state index contributed by atoms with van der Waals surface area (Å²) in [6.07, 6.45) is 7.51. The van der Waals surface area contributed by atoms with Gasteiger partial charge in [-0.1, -0.05) is 53.6 Å². The highest BCUT2D eigenvalue weighted by Crippen LogP contribution is 2.05. The molecular weight excluding hydrogens is 168 g/mol. The molecule has 0 saturated carbocycles. The van der Waals surface area contributed by atoms with Crippen molar-refractivity contribution in [2.45, 2.75) is 27.2 Å². The molecule has 0 spiro atoms. The normalized spacial score (nSPS) is 12.4. The lowest BCUT2D eigenvalue weighted by Crippen LogP contribution is -1.80. The van der Waals surface area contributed by atoms with Crippen molar-refractivity contribution in [3.63, 3.8) is 0 Å². The zero-order valence-electron chi connectivity index (χ0n) is 9.25. The summed E-state index contributed by atoms with van der Waals surface area (Å²) in [6.45, 7) is 6.29. The molecule has 14 heavy (non-hydrogen) atoms. The van der Waals surface area contributed by atoms with Gasteiger partial charge < -0.3 is 0 Å². The van der Waals surface area contributed by atoms with E-state index in [4.69, 9.17) is 0 Å². The maximum absolute atomic E-state index is 2.21. The Morgan fingerprint density at radius 2 is 1.86 bits per heavy atom. The molecular formula is C14H18. The fourth-order valence-electron chi connectivity index (χ4n) is 1.20. The standard InChI is InChI=1S/C14H18/c1-4-12(2)6-5-7-14-10-8-13(3)9-11-14/h4-6,8-11H,7H2,1-3H3/b6-5-,12-4-. The molecule has 0 amide bonds. The van der Waals surface area contributed by atoms with Crippen LogP contribution in [0.5, 0.6) is 0 Å². The number of hydrogen-bond acceptors (Lipinski definition) is 0. The third kappa shape index (κ3) is 3.61. The predicted octanol–water partition coefficient (Wildman–Crippen LogP) is 4.06. The number of benzene rings is 1. The molecule has 0 nitrogen and oxygen atoms in total. The first-order valence-corrected chi connectivity index (χ1v) is 5.07. The largest absolute Gasteiger partial charge is 0.0847 e. The van der Waals surface area contributed by atoms with Crippen LogP contribution in [0, 0.1) is 6.92 Å². The van der Waals surface area contributed by atoms with Crippen LogP contribution in [0.4, 0.5) is 0 Å². The molecule has 0 aliphatic heterocycles. The maximum atomic E-state index is 2.21. The third-order valence-corrected chi connectivity index (χ3v) is 2.31. The Balaban J connectivity index is 2.54. The summed E-state index contributed by atoms with van der Waals surface area (Å²) in [5.74, 6) is 0. The van der Waals surface area contributed by atoms with E-state index in [1.165, 1.54) is 16.7 Å². The van der Waals surface area contributed by atoms with Gasteiger partial charge in [0.2, 0.25) is 0 Å². The van der Waals surface area contributed by atoms with Gasteiger partial charge in [-0.3, -0.25) is 0 Å². The molecule has 0 aromatic heterocycles. The van der Waals surface area contributed by atoms with Crippen molar-refractivity contribution in [1.82, 2.24) is 0 Å². The van der Waals surface area contributed by atoms with Crippen LogP contribution in [0.3, 0.4) is 0 Å². The summed E-state index contributed by atoms with van der Waals surface area (Å²) < 4.78 is 0. The van der Waals surface area contributed by atoms with Crippen LogP contribution in [0.1, 0.15) is 25.0 Å². The number of allylic oxidation sites excluding steroid dienone is 4. The van der Waals surface area contributed by atoms with Crippen LogP contribution in [-0.4, -0.2) is 0 Å². The minimum absolute atomic E-state index is 1.02. The molecule has 1 rings (SSSR count). The van der Waals surface area contributed by atoms with E-state index in [2.05, 4.69) is 63.3 Å². The van der Waals surface area contributed by atoms with E-state index < -0.39 is 0 Å². The van der Waals surface area contributed by atoms with Gasteiger partial charge in [0.15, 0.2) is 0 Å². The lowest BCUT2D eigenvalue weighted by Gasteiger charge is -1.97. The van der Waals surface area contributed by atoms with E-state index in [1.54, 1.807) is 0 Å². The molecule has 0 unspecified atom stereocenters. The van der Waals surface area contributed by atoms with Gasteiger partial charge in [0.25, 0.3) is 0 Å². The predicted molar refractivity (Wildman–Crippen MR) is 63.5 cm³/mol. The summed E-state index contributed by atoms with van der Waals surface area (Å²) in [5, 5.41) is 0. The van der Waals surface area contributed by atoms with E-state index in [1.807, 2.05) is 0 Å². The zero-order valence-corrected chi connectivity index (χ0v) is 9.25. The third-order valence-electron chi connectivity index (χ3n) is 2.31. The molecule has 74 valence electrons. The summed E-state index contributed by atoms with van der Waals surface area (Å²) >= 11 is 0. The Morgan fingerprint density at radius 3 is 2.43 bits per heavy atom. The van der Waals surface area contributed by atoms with Crippen molar-refractivity contribution in [3.05, 3.63) is 59.2 Å². The fraction of sp³-hybridized carbons (Fsp3) is 0.286. The average Bonchev–Trinajstić information content (AvgIpc) is 2.21. The first-order valence-electron chi connectivity index (χ1n) is 5.07. The molecule has 1 aromatic rings. The molecule has 0 fully saturated rings. The molecule has 0 aliphatic rings. The smallest absolute Gasteiger partial charge is 0.00942 e. The Labute approximate surface area is 87.0 Å². The monoisotopic (exact) mass is 186 g/mol. The van der Waals surface area contributed by atoms with Crippen LogP contribution in [0.2, 0.25) is 0 Å². The van der Waals surface area contributed by atoms with Crippen molar-refractivity contribution < 1.29 is 0 Å². The van der Waals surface area contributed by atoms with Crippen molar-refractivity contribution in [1.29, 1.82) is 0 Å². The average molecular weight is 186 g/mol. The first-order chi connectivity index (χ1) is 6.72. The van der Waals surface area contributed by atoms with Gasteiger partial charge in [-0.05, 0) is 32.8 Å². The minimum atomic E-state index is 1.02. The Morgan fingerprint density at radius 1 is 1.21 bits per heavy atom. The summed E-state index contributed by atoms with van der Waals surface area (Å²) in [6, 6.07) is 8.69. The van der Waals surface area contributed by atoms with Crippen LogP contribution in [-0.2, 0) is 6.42 Å². The quantitative estimate of drug-likeness (QED) is 0.624. The van der Waals surface area contributed by atoms with Crippen LogP contribution in [0.15, 0.2) is 48.1 Å². The molecule has 1 aromatic carbocycles. The van der Waals surface area contributed by atoms with Crippen LogP contribution < -0.4 is 0 Å². The molecule has 0 heteroatoms. The van der Waals surface area contributed by atoms with Crippen molar-refractivity contribution in [2.24, 2.45) is 0 Å². The van der Waals surface area contributed by atoms with Crippen molar-refractivity contribution in [2.75, 3.05) is 0 Å². The van der Waals surface area contributed by atoms with Gasteiger partial charge in [-0.25, -0.2) is 0 Å². The van der Waals surface area contributed by atoms with E-state index >= 15 is 0 Å². The van der Waals surface area contributed by atoms with E-state index in [-0.39, 0.29) is 0 Å².